The van der Waals surface area contributed by atoms with Gasteiger partial charge in [-0.05, 0) is 25.7 Å². The molecule has 0 aromatic carbocycles. The largest absolute Gasteiger partial charge is 0.331 e. The van der Waals surface area contributed by atoms with Gasteiger partial charge in [-0.15, -0.1) is 0 Å². The number of nitrogens with one attached hydrogen (secondary N) is 1. The Balaban J connectivity index is 2.46. The van der Waals surface area contributed by atoms with Crippen LogP contribution in [0, 0.1) is 0 Å². The Labute approximate surface area is 90.9 Å². The molecule has 0 spiro atoms. The van der Waals surface area contributed by atoms with E-state index in [0.717, 1.165) is 37.1 Å². The summed E-state index contributed by atoms with van der Waals surface area (Å²) < 4.78 is 1.61. The second-order valence-electron chi connectivity index (χ2n) is 3.81. The fourth-order valence-electron chi connectivity index (χ4n) is 2.17. The minimum atomic E-state index is -0.148. The molecule has 0 fully saturated rings. The normalized spacial score (nSPS) is 15.5. The maximum absolute atomic E-state index is 11.7. The Kier molecular flexibility index (Phi) is 1.85. The highest BCUT2D eigenvalue weighted by molar-refractivity contribution is 6.33. The Bertz CT molecular complexity index is 584. The van der Waals surface area contributed by atoms with Crippen LogP contribution < -0.4 is 5.69 Å². The molecule has 3 rings (SSSR count). The zero-order valence-corrected chi connectivity index (χ0v) is 8.84. The smallest absolute Gasteiger partial charge is 0.312 e. The summed E-state index contributed by atoms with van der Waals surface area (Å²) in [4.78, 5) is 18.7. The molecule has 0 radical (unpaired) electrons. The third-order valence-electron chi connectivity index (χ3n) is 2.87. The molecule has 5 heteroatoms. The van der Waals surface area contributed by atoms with Crippen molar-refractivity contribution in [1.29, 1.82) is 0 Å². The van der Waals surface area contributed by atoms with Crippen molar-refractivity contribution in [1.82, 2.24) is 14.4 Å². The van der Waals surface area contributed by atoms with Gasteiger partial charge >= 0.3 is 5.69 Å². The average Bonchev–Trinajstić information content (AvgIpc) is 2.64. The maximum atomic E-state index is 11.7. The van der Waals surface area contributed by atoms with Crippen LogP contribution in [0.4, 0.5) is 0 Å². The van der Waals surface area contributed by atoms with Crippen LogP contribution >= 0.6 is 11.6 Å². The van der Waals surface area contributed by atoms with Crippen molar-refractivity contribution in [3.8, 4) is 0 Å². The molecular weight excluding hydrogens is 214 g/mol. The van der Waals surface area contributed by atoms with E-state index in [1.54, 1.807) is 4.40 Å². The third kappa shape index (κ3) is 1.21. The van der Waals surface area contributed by atoms with Crippen molar-refractivity contribution in [3.05, 3.63) is 33.1 Å². The molecular formula is C10H10ClN3O. The number of nitrogens with zero attached hydrogens (tertiary/aromatic N) is 2. The van der Waals surface area contributed by atoms with E-state index in [0.29, 0.717) is 10.7 Å². The molecule has 2 aromatic rings. The predicted octanol–water partition coefficient (Wildman–Crippen LogP) is 1.55. The van der Waals surface area contributed by atoms with E-state index in [4.69, 9.17) is 11.6 Å². The molecule has 0 amide bonds. The van der Waals surface area contributed by atoms with E-state index in [9.17, 15) is 4.79 Å². The Morgan fingerprint density at radius 2 is 2.20 bits per heavy atom. The Hall–Kier alpha value is -1.29. The Morgan fingerprint density at radius 1 is 1.40 bits per heavy atom. The first-order chi connectivity index (χ1) is 7.27. The molecule has 1 N–H and O–H groups in total. The summed E-state index contributed by atoms with van der Waals surface area (Å²) >= 11 is 6.00. The van der Waals surface area contributed by atoms with Crippen LogP contribution in [0.3, 0.4) is 0 Å². The predicted molar refractivity (Wildman–Crippen MR) is 57.5 cm³/mol. The van der Waals surface area contributed by atoms with Crippen LogP contribution in [0.2, 0.25) is 5.02 Å². The number of aryl methyl sites for hydroxylation is 2. The zero-order chi connectivity index (χ0) is 10.4. The second-order valence-corrected chi connectivity index (χ2v) is 4.22. The topological polar surface area (TPSA) is 50.2 Å². The first-order valence-corrected chi connectivity index (χ1v) is 5.42. The Morgan fingerprint density at radius 3 is 3.07 bits per heavy atom. The van der Waals surface area contributed by atoms with Gasteiger partial charge in [0, 0.05) is 6.20 Å². The van der Waals surface area contributed by atoms with Gasteiger partial charge in [0.2, 0.25) is 0 Å². The van der Waals surface area contributed by atoms with Crippen LogP contribution in [0.5, 0.6) is 0 Å². The summed E-state index contributed by atoms with van der Waals surface area (Å²) in [6.07, 6.45) is 5.63. The monoisotopic (exact) mass is 223 g/mol. The van der Waals surface area contributed by atoms with Crippen LogP contribution in [-0.2, 0) is 12.8 Å². The summed E-state index contributed by atoms with van der Waals surface area (Å²) in [7, 11) is 0. The molecule has 78 valence electrons. The van der Waals surface area contributed by atoms with Crippen LogP contribution in [-0.4, -0.2) is 14.4 Å². The lowest BCUT2D eigenvalue weighted by atomic mass is 10.0. The van der Waals surface area contributed by atoms with E-state index in [2.05, 4.69) is 9.97 Å². The molecule has 1 aliphatic rings. The number of aromatic amines is 1. The quantitative estimate of drug-likeness (QED) is 0.737. The molecule has 2 heterocycles. The molecule has 0 bridgehead atoms. The molecule has 0 unspecified atom stereocenters. The molecule has 15 heavy (non-hydrogen) atoms. The van der Waals surface area contributed by atoms with Gasteiger partial charge < -0.3 is 4.98 Å². The number of imidazole rings is 1. The molecule has 0 aliphatic heterocycles. The van der Waals surface area contributed by atoms with E-state index < -0.39 is 0 Å². The fraction of sp³-hybridized carbons (Fsp3) is 0.400. The van der Waals surface area contributed by atoms with E-state index >= 15 is 0 Å². The highest BCUT2D eigenvalue weighted by Gasteiger charge is 2.18. The third-order valence-corrected chi connectivity index (χ3v) is 3.15. The first kappa shape index (κ1) is 8.97. The zero-order valence-electron chi connectivity index (χ0n) is 8.09. The number of hydrogen-bond acceptors (Lipinski definition) is 2. The van der Waals surface area contributed by atoms with Gasteiger partial charge in [-0.25, -0.2) is 14.2 Å². The van der Waals surface area contributed by atoms with Gasteiger partial charge in [0.15, 0.2) is 5.65 Å². The van der Waals surface area contributed by atoms with Crippen molar-refractivity contribution in [2.24, 2.45) is 0 Å². The highest BCUT2D eigenvalue weighted by atomic mass is 35.5. The van der Waals surface area contributed by atoms with Gasteiger partial charge in [0.25, 0.3) is 0 Å². The SMILES string of the molecule is O=c1[nH]cc(Cl)c2nc3c(n12)CCCC3. The van der Waals surface area contributed by atoms with Crippen molar-refractivity contribution < 1.29 is 0 Å². The lowest BCUT2D eigenvalue weighted by Crippen LogP contribution is -2.19. The minimum Gasteiger partial charge on any atom is -0.312 e. The number of aromatic nitrogens is 3. The van der Waals surface area contributed by atoms with Gasteiger partial charge in [0.05, 0.1) is 11.4 Å². The number of hydrogen-bond donors (Lipinski definition) is 1. The number of halogens is 1. The van der Waals surface area contributed by atoms with Gasteiger partial charge in [-0.3, -0.25) is 0 Å². The van der Waals surface area contributed by atoms with Gasteiger partial charge in [-0.2, -0.15) is 0 Å². The summed E-state index contributed by atoms with van der Waals surface area (Å²) in [6, 6.07) is 0. The summed E-state index contributed by atoms with van der Waals surface area (Å²) in [5.41, 5.74) is 2.50. The molecule has 4 nitrogen and oxygen atoms in total. The summed E-state index contributed by atoms with van der Waals surface area (Å²) in [5, 5.41) is 0.504. The van der Waals surface area contributed by atoms with E-state index in [1.807, 2.05) is 0 Å². The fourth-order valence-corrected chi connectivity index (χ4v) is 2.35. The molecule has 0 atom stereocenters. The highest BCUT2D eigenvalue weighted by Crippen LogP contribution is 2.23. The molecule has 1 aliphatic carbocycles. The van der Waals surface area contributed by atoms with Crippen LogP contribution in [0.1, 0.15) is 24.2 Å². The first-order valence-electron chi connectivity index (χ1n) is 5.05. The van der Waals surface area contributed by atoms with Crippen LogP contribution in [0.25, 0.3) is 5.65 Å². The van der Waals surface area contributed by atoms with Crippen molar-refractivity contribution in [2.45, 2.75) is 25.7 Å². The van der Waals surface area contributed by atoms with Gasteiger partial charge in [0.1, 0.15) is 5.02 Å². The van der Waals surface area contributed by atoms with E-state index in [-0.39, 0.29) is 5.69 Å². The lowest BCUT2D eigenvalue weighted by Gasteiger charge is -2.09. The average molecular weight is 224 g/mol. The van der Waals surface area contributed by atoms with Gasteiger partial charge in [-0.1, -0.05) is 11.6 Å². The summed E-state index contributed by atoms with van der Waals surface area (Å²) in [6.45, 7) is 0. The standard InChI is InChI=1S/C10H10ClN3O/c11-6-5-12-10(15)14-8-4-2-1-3-7(8)13-9(6)14/h5H,1-4H2,(H,12,15). The number of rotatable bonds is 0. The van der Waals surface area contributed by atoms with E-state index in [1.165, 1.54) is 6.20 Å². The molecule has 2 aromatic heterocycles. The maximum Gasteiger partial charge on any atom is 0.331 e. The van der Waals surface area contributed by atoms with Crippen molar-refractivity contribution in [3.63, 3.8) is 0 Å². The molecule has 0 saturated carbocycles. The van der Waals surface area contributed by atoms with Crippen LogP contribution in [0.15, 0.2) is 11.0 Å². The van der Waals surface area contributed by atoms with Crippen molar-refractivity contribution in [2.75, 3.05) is 0 Å². The molecule has 0 saturated heterocycles. The minimum absolute atomic E-state index is 0.148. The van der Waals surface area contributed by atoms with Crippen molar-refractivity contribution >= 4 is 17.2 Å². The summed E-state index contributed by atoms with van der Waals surface area (Å²) in [5.74, 6) is 0. The second kappa shape index (κ2) is 3.10. The number of fused-ring (bicyclic) bond motifs is 3. The number of H-pyrrole nitrogens is 1. The lowest BCUT2D eigenvalue weighted by molar-refractivity contribution is 0.656.